The first-order valence-corrected chi connectivity index (χ1v) is 9.84. The number of para-hydroxylation sites is 1. The van der Waals surface area contributed by atoms with Gasteiger partial charge < -0.3 is 9.47 Å². The second-order valence-corrected chi connectivity index (χ2v) is 7.00. The minimum atomic E-state index is -1.06. The van der Waals surface area contributed by atoms with Gasteiger partial charge in [0.15, 0.2) is 17.5 Å². The molecule has 154 valence electrons. The first-order chi connectivity index (χ1) is 14.0. The maximum Gasteiger partial charge on any atom is 0.254 e. The molecule has 29 heavy (non-hydrogen) atoms. The molecule has 0 radical (unpaired) electrons. The van der Waals surface area contributed by atoms with Gasteiger partial charge in [0.25, 0.3) is 5.91 Å². The van der Waals surface area contributed by atoms with Crippen LogP contribution in [0.5, 0.6) is 0 Å². The number of nitrogens with zero attached hydrogens (tertiary/aromatic N) is 3. The van der Waals surface area contributed by atoms with E-state index >= 15 is 0 Å². The molecule has 0 N–H and O–H groups in total. The molecule has 2 aromatic carbocycles. The summed E-state index contributed by atoms with van der Waals surface area (Å²) in [5, 5.41) is 0. The van der Waals surface area contributed by atoms with E-state index in [4.69, 9.17) is 0 Å². The highest BCUT2D eigenvalue weighted by Gasteiger charge is 2.21. The number of hydrogen-bond donors (Lipinski definition) is 0. The van der Waals surface area contributed by atoms with Crippen LogP contribution in [0.25, 0.3) is 11.0 Å². The normalized spacial score (nSPS) is 11.2. The van der Waals surface area contributed by atoms with E-state index in [0.29, 0.717) is 24.4 Å². The second-order valence-electron chi connectivity index (χ2n) is 7.00. The van der Waals surface area contributed by atoms with Crippen LogP contribution in [0.15, 0.2) is 36.4 Å². The number of fused-ring (bicyclic) bond motifs is 1. The predicted octanol–water partition coefficient (Wildman–Crippen LogP) is 5.31. The lowest BCUT2D eigenvalue weighted by Crippen LogP contribution is -2.32. The van der Waals surface area contributed by atoms with E-state index in [1.807, 2.05) is 18.4 Å². The number of halogens is 3. The fourth-order valence-corrected chi connectivity index (χ4v) is 3.34. The number of aromatic nitrogens is 2. The van der Waals surface area contributed by atoms with E-state index in [1.165, 1.54) is 12.1 Å². The minimum Gasteiger partial charge on any atom is -0.331 e. The lowest BCUT2D eigenvalue weighted by molar-refractivity contribution is 0.0734. The SMILES string of the molecule is CCCCN(Cc1nc2c(F)cccc2n1CCC)C(=O)c1ccc(F)c(F)c1. The summed E-state index contributed by atoms with van der Waals surface area (Å²) >= 11 is 0. The van der Waals surface area contributed by atoms with Crippen LogP contribution >= 0.6 is 0 Å². The quantitative estimate of drug-likeness (QED) is 0.511. The number of amides is 1. The summed E-state index contributed by atoms with van der Waals surface area (Å²) in [6.45, 7) is 5.24. The molecular weight excluding hydrogens is 379 g/mol. The van der Waals surface area contributed by atoms with Crippen molar-refractivity contribution >= 4 is 16.9 Å². The van der Waals surface area contributed by atoms with Crippen molar-refractivity contribution < 1.29 is 18.0 Å². The molecule has 0 saturated carbocycles. The maximum absolute atomic E-state index is 14.2. The molecule has 0 saturated heterocycles. The standard InChI is InChI=1S/C22H24F3N3O/c1-3-5-12-27(22(29)15-9-10-16(23)18(25)13-15)14-20-26-21-17(24)7-6-8-19(21)28(20)11-4-2/h6-10,13H,3-5,11-12,14H2,1-2H3. The van der Waals surface area contributed by atoms with E-state index in [-0.39, 0.29) is 17.6 Å². The molecule has 3 aromatic rings. The second kappa shape index (κ2) is 9.11. The number of imidazole rings is 1. The Kier molecular flexibility index (Phi) is 6.56. The largest absolute Gasteiger partial charge is 0.331 e. The Balaban J connectivity index is 1.98. The van der Waals surface area contributed by atoms with Crippen molar-refractivity contribution in [1.82, 2.24) is 14.5 Å². The summed E-state index contributed by atoms with van der Waals surface area (Å²) in [5.41, 5.74) is 1.02. The van der Waals surface area contributed by atoms with Crippen molar-refractivity contribution in [3.8, 4) is 0 Å². The van der Waals surface area contributed by atoms with Crippen molar-refractivity contribution in [1.29, 1.82) is 0 Å². The molecule has 0 unspecified atom stereocenters. The molecule has 1 aromatic heterocycles. The minimum absolute atomic E-state index is 0.0735. The molecule has 0 atom stereocenters. The Morgan fingerprint density at radius 2 is 1.83 bits per heavy atom. The summed E-state index contributed by atoms with van der Waals surface area (Å²) in [6, 6.07) is 7.92. The third-order valence-electron chi connectivity index (χ3n) is 4.82. The van der Waals surface area contributed by atoms with Crippen LogP contribution in [0.2, 0.25) is 0 Å². The number of aryl methyl sites for hydroxylation is 1. The molecule has 0 bridgehead atoms. The van der Waals surface area contributed by atoms with Crippen molar-refractivity contribution in [2.24, 2.45) is 0 Å². The Bertz CT molecular complexity index is 1020. The Hall–Kier alpha value is -2.83. The van der Waals surface area contributed by atoms with Gasteiger partial charge in [-0.1, -0.05) is 26.3 Å². The van der Waals surface area contributed by atoms with Crippen LogP contribution in [-0.2, 0) is 13.1 Å². The molecule has 0 aliphatic rings. The molecule has 0 aliphatic heterocycles. The molecule has 0 spiro atoms. The number of unbranched alkanes of at least 4 members (excludes halogenated alkanes) is 1. The summed E-state index contributed by atoms with van der Waals surface area (Å²) in [4.78, 5) is 19.0. The zero-order valence-corrected chi connectivity index (χ0v) is 16.6. The number of benzene rings is 2. The summed E-state index contributed by atoms with van der Waals surface area (Å²) in [5.74, 6) is -2.31. The molecular formula is C22H24F3N3O. The summed E-state index contributed by atoms with van der Waals surface area (Å²) < 4.78 is 43.0. The van der Waals surface area contributed by atoms with E-state index in [1.54, 1.807) is 17.0 Å². The molecule has 4 nitrogen and oxygen atoms in total. The first kappa shape index (κ1) is 20.9. The van der Waals surface area contributed by atoms with E-state index in [2.05, 4.69) is 4.98 Å². The average molecular weight is 403 g/mol. The fourth-order valence-electron chi connectivity index (χ4n) is 3.34. The first-order valence-electron chi connectivity index (χ1n) is 9.84. The number of rotatable bonds is 8. The van der Waals surface area contributed by atoms with Crippen LogP contribution in [0, 0.1) is 17.5 Å². The van der Waals surface area contributed by atoms with E-state index in [9.17, 15) is 18.0 Å². The number of hydrogen-bond acceptors (Lipinski definition) is 2. The van der Waals surface area contributed by atoms with Gasteiger partial charge in [0.05, 0.1) is 12.1 Å². The summed E-state index contributed by atoms with van der Waals surface area (Å²) in [6.07, 6.45) is 2.43. The van der Waals surface area contributed by atoms with Crippen molar-refractivity contribution in [2.75, 3.05) is 6.54 Å². The van der Waals surface area contributed by atoms with Gasteiger partial charge in [0.2, 0.25) is 0 Å². The average Bonchev–Trinajstić information content (AvgIpc) is 3.06. The highest BCUT2D eigenvalue weighted by atomic mass is 19.2. The zero-order valence-electron chi connectivity index (χ0n) is 16.6. The predicted molar refractivity (Wildman–Crippen MR) is 106 cm³/mol. The maximum atomic E-state index is 14.2. The van der Waals surface area contributed by atoms with Gasteiger partial charge in [-0.3, -0.25) is 4.79 Å². The van der Waals surface area contributed by atoms with Crippen molar-refractivity contribution in [3.63, 3.8) is 0 Å². The smallest absolute Gasteiger partial charge is 0.254 e. The van der Waals surface area contributed by atoms with Gasteiger partial charge in [-0.15, -0.1) is 0 Å². The Labute approximate surface area is 168 Å². The highest BCUT2D eigenvalue weighted by Crippen LogP contribution is 2.22. The molecule has 0 fully saturated rings. The van der Waals surface area contributed by atoms with Crippen molar-refractivity contribution in [3.05, 3.63) is 65.2 Å². The third-order valence-corrected chi connectivity index (χ3v) is 4.82. The van der Waals surface area contributed by atoms with Crippen molar-refractivity contribution in [2.45, 2.75) is 46.2 Å². The fraction of sp³-hybridized carbons (Fsp3) is 0.364. The van der Waals surface area contributed by atoms with Gasteiger partial charge in [-0.2, -0.15) is 0 Å². The van der Waals surface area contributed by atoms with Gasteiger partial charge in [0.1, 0.15) is 11.3 Å². The van der Waals surface area contributed by atoms with Crippen LogP contribution in [0.3, 0.4) is 0 Å². The molecule has 7 heteroatoms. The molecule has 1 heterocycles. The molecule has 1 amide bonds. The Morgan fingerprint density at radius 1 is 1.03 bits per heavy atom. The van der Waals surface area contributed by atoms with Crippen LogP contribution < -0.4 is 0 Å². The van der Waals surface area contributed by atoms with E-state index in [0.717, 1.165) is 31.4 Å². The molecule has 0 aliphatic carbocycles. The van der Waals surface area contributed by atoms with Crippen LogP contribution in [-0.4, -0.2) is 26.9 Å². The summed E-state index contributed by atoms with van der Waals surface area (Å²) in [7, 11) is 0. The third kappa shape index (κ3) is 4.44. The van der Waals surface area contributed by atoms with Gasteiger partial charge in [-0.05, 0) is 43.2 Å². The van der Waals surface area contributed by atoms with Gasteiger partial charge in [-0.25, -0.2) is 18.2 Å². The lowest BCUT2D eigenvalue weighted by atomic mass is 10.1. The number of carbonyl (C=O) groups is 1. The molecule has 3 rings (SSSR count). The topological polar surface area (TPSA) is 38.1 Å². The van der Waals surface area contributed by atoms with Gasteiger partial charge >= 0.3 is 0 Å². The van der Waals surface area contributed by atoms with E-state index < -0.39 is 23.4 Å². The Morgan fingerprint density at radius 3 is 2.52 bits per heavy atom. The van der Waals surface area contributed by atoms with Crippen LogP contribution in [0.1, 0.15) is 49.3 Å². The lowest BCUT2D eigenvalue weighted by Gasteiger charge is -2.23. The highest BCUT2D eigenvalue weighted by molar-refractivity contribution is 5.94. The monoisotopic (exact) mass is 403 g/mol. The number of carbonyl (C=O) groups excluding carboxylic acids is 1. The van der Waals surface area contributed by atoms with Gasteiger partial charge in [0, 0.05) is 18.7 Å². The zero-order chi connectivity index (χ0) is 21.0. The van der Waals surface area contributed by atoms with Crippen LogP contribution in [0.4, 0.5) is 13.2 Å².